The first-order chi connectivity index (χ1) is 14.0. The van der Waals surface area contributed by atoms with Gasteiger partial charge in [0.05, 0.1) is 11.6 Å². The smallest absolute Gasteiger partial charge is 0.300 e. The number of rotatable bonds is 3. The fourth-order valence-corrected chi connectivity index (χ4v) is 3.68. The number of carbonyl (C=O) groups is 2. The molecule has 1 aliphatic rings. The lowest BCUT2D eigenvalue weighted by atomic mass is 9.95. The van der Waals surface area contributed by atoms with Gasteiger partial charge in [-0.15, -0.1) is 0 Å². The maximum absolute atomic E-state index is 13.4. The Morgan fingerprint density at radius 3 is 2.14 bits per heavy atom. The van der Waals surface area contributed by atoms with Gasteiger partial charge >= 0.3 is 0 Å². The van der Waals surface area contributed by atoms with E-state index in [-0.39, 0.29) is 11.3 Å². The van der Waals surface area contributed by atoms with Crippen LogP contribution in [0.4, 0.5) is 10.1 Å². The maximum atomic E-state index is 13.4. The summed E-state index contributed by atoms with van der Waals surface area (Å²) in [5.74, 6) is -2.26. The van der Waals surface area contributed by atoms with Crippen molar-refractivity contribution in [2.45, 2.75) is 6.04 Å². The van der Waals surface area contributed by atoms with Crippen molar-refractivity contribution in [3.05, 3.63) is 106 Å². The standard InChI is InChI=1S/C23H15BrFNO3/c24-16-8-6-14(7-9-16)20-19(21(27)15-4-2-1-3-5-15)22(28)23(29)26(20)18-12-10-17(25)11-13-18/h1-13,20,27H/b21-19-. The Morgan fingerprint density at radius 2 is 1.52 bits per heavy atom. The Hall–Kier alpha value is -3.25. The van der Waals surface area contributed by atoms with E-state index >= 15 is 0 Å². The summed E-state index contributed by atoms with van der Waals surface area (Å²) in [6.07, 6.45) is 0. The summed E-state index contributed by atoms with van der Waals surface area (Å²) in [6, 6.07) is 20.2. The van der Waals surface area contributed by atoms with Crippen LogP contribution in [0.3, 0.4) is 0 Å². The van der Waals surface area contributed by atoms with Crippen molar-refractivity contribution >= 4 is 39.1 Å². The average molecular weight is 452 g/mol. The summed E-state index contributed by atoms with van der Waals surface area (Å²) in [6.45, 7) is 0. The molecule has 6 heteroatoms. The largest absolute Gasteiger partial charge is 0.507 e. The molecule has 4 nitrogen and oxygen atoms in total. The molecular weight excluding hydrogens is 437 g/mol. The Kier molecular flexibility index (Phi) is 5.03. The number of halogens is 2. The first-order valence-corrected chi connectivity index (χ1v) is 9.64. The number of aliphatic hydroxyl groups is 1. The third-order valence-corrected chi connectivity index (χ3v) is 5.31. The monoisotopic (exact) mass is 451 g/mol. The molecule has 1 N–H and O–H groups in total. The lowest BCUT2D eigenvalue weighted by molar-refractivity contribution is -0.132. The molecule has 1 fully saturated rings. The van der Waals surface area contributed by atoms with E-state index in [1.54, 1.807) is 54.6 Å². The number of benzene rings is 3. The van der Waals surface area contributed by atoms with Gasteiger partial charge in [-0.1, -0.05) is 58.4 Å². The molecule has 1 saturated heterocycles. The molecule has 0 bridgehead atoms. The molecule has 0 aliphatic carbocycles. The molecule has 1 atom stereocenters. The molecule has 3 aromatic carbocycles. The van der Waals surface area contributed by atoms with Gasteiger partial charge in [0, 0.05) is 15.7 Å². The lowest BCUT2D eigenvalue weighted by Crippen LogP contribution is -2.29. The van der Waals surface area contributed by atoms with Crippen molar-refractivity contribution in [2.24, 2.45) is 0 Å². The number of nitrogens with zero attached hydrogens (tertiary/aromatic N) is 1. The topological polar surface area (TPSA) is 57.6 Å². The molecule has 1 aliphatic heterocycles. The van der Waals surface area contributed by atoms with Crippen LogP contribution in [0.2, 0.25) is 0 Å². The van der Waals surface area contributed by atoms with Crippen LogP contribution >= 0.6 is 15.9 Å². The van der Waals surface area contributed by atoms with Crippen LogP contribution in [-0.4, -0.2) is 16.8 Å². The normalized spacial score (nSPS) is 18.3. The highest BCUT2D eigenvalue weighted by Crippen LogP contribution is 2.42. The number of amides is 1. The molecular formula is C23H15BrFNO3. The van der Waals surface area contributed by atoms with E-state index in [0.717, 1.165) is 4.47 Å². The predicted octanol–water partition coefficient (Wildman–Crippen LogP) is 5.21. The summed E-state index contributed by atoms with van der Waals surface area (Å²) < 4.78 is 14.2. The van der Waals surface area contributed by atoms with E-state index in [2.05, 4.69) is 15.9 Å². The first kappa shape index (κ1) is 19.1. The third kappa shape index (κ3) is 3.47. The quantitative estimate of drug-likeness (QED) is 0.337. The molecule has 4 rings (SSSR count). The zero-order valence-corrected chi connectivity index (χ0v) is 16.6. The SMILES string of the molecule is O=C1C(=O)N(c2ccc(F)cc2)C(c2ccc(Br)cc2)/C1=C(/O)c1ccccc1. The Labute approximate surface area is 175 Å². The van der Waals surface area contributed by atoms with Crippen molar-refractivity contribution in [1.82, 2.24) is 0 Å². The van der Waals surface area contributed by atoms with Crippen molar-refractivity contribution in [2.75, 3.05) is 4.90 Å². The van der Waals surface area contributed by atoms with Gasteiger partial charge in [0.25, 0.3) is 11.7 Å². The number of hydrogen-bond donors (Lipinski definition) is 1. The minimum absolute atomic E-state index is 0.00662. The van der Waals surface area contributed by atoms with E-state index in [9.17, 15) is 19.1 Å². The van der Waals surface area contributed by atoms with Crippen molar-refractivity contribution in [3.8, 4) is 0 Å². The zero-order chi connectivity index (χ0) is 20.5. The molecule has 0 aromatic heterocycles. The summed E-state index contributed by atoms with van der Waals surface area (Å²) in [4.78, 5) is 27.1. The average Bonchev–Trinajstić information content (AvgIpc) is 3.00. The van der Waals surface area contributed by atoms with E-state index in [4.69, 9.17) is 0 Å². The summed E-state index contributed by atoms with van der Waals surface area (Å²) in [5.41, 5.74) is 1.45. The van der Waals surface area contributed by atoms with Crippen molar-refractivity contribution in [1.29, 1.82) is 0 Å². The first-order valence-electron chi connectivity index (χ1n) is 8.85. The van der Waals surface area contributed by atoms with Gasteiger partial charge < -0.3 is 5.11 Å². The molecule has 1 amide bonds. The fourth-order valence-electron chi connectivity index (χ4n) is 3.41. The van der Waals surface area contributed by atoms with Gasteiger partial charge in [-0.05, 0) is 42.0 Å². The van der Waals surface area contributed by atoms with Crippen LogP contribution < -0.4 is 4.90 Å². The minimum Gasteiger partial charge on any atom is -0.507 e. The summed E-state index contributed by atoms with van der Waals surface area (Å²) in [7, 11) is 0. The summed E-state index contributed by atoms with van der Waals surface area (Å²) in [5, 5.41) is 10.9. The van der Waals surface area contributed by atoms with Gasteiger partial charge in [0.1, 0.15) is 11.6 Å². The number of carbonyl (C=O) groups excluding carboxylic acids is 2. The van der Waals surface area contributed by atoms with Crippen LogP contribution in [0, 0.1) is 5.82 Å². The van der Waals surface area contributed by atoms with Crippen LogP contribution in [0.1, 0.15) is 17.2 Å². The second-order valence-electron chi connectivity index (χ2n) is 6.56. The van der Waals surface area contributed by atoms with Crippen molar-refractivity contribution < 1.29 is 19.1 Å². The van der Waals surface area contributed by atoms with Crippen LogP contribution in [0.25, 0.3) is 5.76 Å². The van der Waals surface area contributed by atoms with Gasteiger partial charge in [0.15, 0.2) is 0 Å². The molecule has 0 radical (unpaired) electrons. The Morgan fingerprint density at radius 1 is 0.897 bits per heavy atom. The second kappa shape index (κ2) is 7.64. The van der Waals surface area contributed by atoms with E-state index in [0.29, 0.717) is 16.8 Å². The van der Waals surface area contributed by atoms with Gasteiger partial charge in [0.2, 0.25) is 0 Å². The van der Waals surface area contributed by atoms with E-state index in [1.807, 2.05) is 0 Å². The van der Waals surface area contributed by atoms with Crippen molar-refractivity contribution in [3.63, 3.8) is 0 Å². The molecule has 1 unspecified atom stereocenters. The molecule has 29 heavy (non-hydrogen) atoms. The summed E-state index contributed by atoms with van der Waals surface area (Å²) >= 11 is 3.38. The molecule has 0 saturated carbocycles. The maximum Gasteiger partial charge on any atom is 0.300 e. The van der Waals surface area contributed by atoms with E-state index < -0.39 is 23.5 Å². The van der Waals surface area contributed by atoms with Crippen LogP contribution in [0.5, 0.6) is 0 Å². The van der Waals surface area contributed by atoms with E-state index in [1.165, 1.54) is 29.2 Å². The number of anilines is 1. The second-order valence-corrected chi connectivity index (χ2v) is 7.48. The van der Waals surface area contributed by atoms with Crippen LogP contribution in [-0.2, 0) is 9.59 Å². The number of ketones is 1. The highest BCUT2D eigenvalue weighted by Gasteiger charge is 2.46. The lowest BCUT2D eigenvalue weighted by Gasteiger charge is -2.25. The molecule has 144 valence electrons. The highest BCUT2D eigenvalue weighted by atomic mass is 79.9. The predicted molar refractivity (Wildman–Crippen MR) is 112 cm³/mol. The van der Waals surface area contributed by atoms with Gasteiger partial charge in [-0.3, -0.25) is 14.5 Å². The highest BCUT2D eigenvalue weighted by molar-refractivity contribution is 9.10. The Balaban J connectivity index is 1.94. The number of Topliss-reactive ketones (excluding diaryl/α,β-unsaturated/α-hetero) is 1. The third-order valence-electron chi connectivity index (χ3n) is 4.78. The molecule has 1 heterocycles. The number of hydrogen-bond acceptors (Lipinski definition) is 3. The minimum atomic E-state index is -0.839. The fraction of sp³-hybridized carbons (Fsp3) is 0.0435. The van der Waals surface area contributed by atoms with Gasteiger partial charge in [-0.25, -0.2) is 4.39 Å². The molecule has 0 spiro atoms. The molecule has 3 aromatic rings. The Bertz CT molecular complexity index is 1110. The number of aliphatic hydroxyl groups excluding tert-OH is 1. The van der Waals surface area contributed by atoms with Gasteiger partial charge in [-0.2, -0.15) is 0 Å². The zero-order valence-electron chi connectivity index (χ0n) is 15.0. The van der Waals surface area contributed by atoms with Crippen LogP contribution in [0.15, 0.2) is 88.9 Å².